The predicted molar refractivity (Wildman–Crippen MR) is 106 cm³/mol. The number of amides is 2. The molecule has 0 unspecified atom stereocenters. The third-order valence-electron chi connectivity index (χ3n) is 3.94. The van der Waals surface area contributed by atoms with E-state index in [1.807, 2.05) is 39.8 Å². The average molecular weight is 385 g/mol. The molecule has 8 heteroatoms. The van der Waals surface area contributed by atoms with Crippen molar-refractivity contribution in [1.82, 2.24) is 20.3 Å². The Morgan fingerprint density at radius 2 is 1.93 bits per heavy atom. The van der Waals surface area contributed by atoms with Crippen LogP contribution >= 0.6 is 11.3 Å². The van der Waals surface area contributed by atoms with Crippen molar-refractivity contribution in [3.8, 4) is 10.4 Å². The second-order valence-corrected chi connectivity index (χ2v) is 7.28. The summed E-state index contributed by atoms with van der Waals surface area (Å²) in [5, 5.41) is 6.16. The lowest BCUT2D eigenvalue weighted by Crippen LogP contribution is -2.30. The maximum atomic E-state index is 12.1. The fourth-order valence-corrected chi connectivity index (χ4v) is 3.68. The van der Waals surface area contributed by atoms with Crippen LogP contribution in [0.15, 0.2) is 22.7 Å². The molecule has 0 fully saturated rings. The minimum atomic E-state index is -0.292. The molecule has 3 aromatic rings. The molecule has 2 amide bonds. The van der Waals surface area contributed by atoms with Gasteiger partial charge in [0.05, 0.1) is 16.8 Å². The van der Waals surface area contributed by atoms with E-state index in [2.05, 4.69) is 25.6 Å². The quantitative estimate of drug-likeness (QED) is 0.668. The van der Waals surface area contributed by atoms with Crippen LogP contribution in [0.4, 0.5) is 9.93 Å². The molecule has 3 rings (SSSR count). The van der Waals surface area contributed by atoms with Gasteiger partial charge < -0.3 is 9.73 Å². The van der Waals surface area contributed by atoms with E-state index in [0.717, 1.165) is 39.7 Å². The zero-order valence-electron chi connectivity index (χ0n) is 15.9. The molecule has 0 saturated carbocycles. The van der Waals surface area contributed by atoms with Crippen molar-refractivity contribution in [2.24, 2.45) is 0 Å². The molecular formula is C19H23N5O2S. The highest BCUT2D eigenvalue weighted by molar-refractivity contribution is 7.19. The number of anilines is 1. The van der Waals surface area contributed by atoms with E-state index in [1.165, 1.54) is 11.3 Å². The summed E-state index contributed by atoms with van der Waals surface area (Å²) in [5.41, 5.74) is 3.87. The van der Waals surface area contributed by atoms with Crippen LogP contribution in [0, 0.1) is 20.8 Å². The lowest BCUT2D eigenvalue weighted by Gasteiger charge is -2.04. The number of nitrogens with zero attached hydrogens (tertiary/aromatic N) is 3. The van der Waals surface area contributed by atoms with E-state index in [-0.39, 0.29) is 6.03 Å². The van der Waals surface area contributed by atoms with Crippen molar-refractivity contribution in [2.75, 3.05) is 11.9 Å². The van der Waals surface area contributed by atoms with Gasteiger partial charge in [0, 0.05) is 30.8 Å². The fourth-order valence-electron chi connectivity index (χ4n) is 2.73. The Bertz CT molecular complexity index is 927. The highest BCUT2D eigenvalue weighted by Gasteiger charge is 2.13. The summed E-state index contributed by atoms with van der Waals surface area (Å²) < 4.78 is 5.52. The molecular weight excluding hydrogens is 362 g/mol. The van der Waals surface area contributed by atoms with Crippen molar-refractivity contribution in [3.05, 3.63) is 47.1 Å². The highest BCUT2D eigenvalue weighted by Crippen LogP contribution is 2.33. The molecule has 0 saturated heterocycles. The van der Waals surface area contributed by atoms with Crippen LogP contribution < -0.4 is 10.6 Å². The van der Waals surface area contributed by atoms with Crippen LogP contribution in [-0.4, -0.2) is 27.5 Å². The summed E-state index contributed by atoms with van der Waals surface area (Å²) in [5.74, 6) is 1.48. The van der Waals surface area contributed by atoms with Gasteiger partial charge in [-0.25, -0.2) is 14.8 Å². The van der Waals surface area contributed by atoms with Crippen LogP contribution in [0.2, 0.25) is 0 Å². The summed E-state index contributed by atoms with van der Waals surface area (Å²) in [6.07, 6.45) is 3.08. The SMILES string of the molecule is CCc1cnc(CCNC(=O)Nc2nc(C)c(-c3cc(C)nc(C)c3)s2)o1. The number of rotatable bonds is 6. The molecule has 0 aliphatic heterocycles. The largest absolute Gasteiger partial charge is 0.446 e. The number of hydrogen-bond donors (Lipinski definition) is 2. The Labute approximate surface area is 162 Å². The van der Waals surface area contributed by atoms with E-state index in [9.17, 15) is 4.79 Å². The Morgan fingerprint density at radius 1 is 1.19 bits per heavy atom. The van der Waals surface area contributed by atoms with Crippen LogP contribution in [0.3, 0.4) is 0 Å². The molecule has 7 nitrogen and oxygen atoms in total. The standard InChI is InChI=1S/C19H23N5O2S/c1-5-15-10-21-16(26-15)6-7-20-18(25)24-19-23-13(4)17(27-19)14-8-11(2)22-12(3)9-14/h8-10H,5-7H2,1-4H3,(H2,20,23,24,25). The van der Waals surface area contributed by atoms with Gasteiger partial charge in [-0.05, 0) is 38.5 Å². The minimum absolute atomic E-state index is 0.292. The molecule has 0 aliphatic carbocycles. The topological polar surface area (TPSA) is 92.9 Å². The zero-order chi connectivity index (χ0) is 19.4. The van der Waals surface area contributed by atoms with Gasteiger partial charge >= 0.3 is 6.03 Å². The van der Waals surface area contributed by atoms with E-state index in [0.29, 0.717) is 24.0 Å². The van der Waals surface area contributed by atoms with Gasteiger partial charge in [-0.1, -0.05) is 18.3 Å². The maximum absolute atomic E-state index is 12.1. The van der Waals surface area contributed by atoms with Crippen LogP contribution in [0.5, 0.6) is 0 Å². The number of thiazole rings is 1. The average Bonchev–Trinajstić information content (AvgIpc) is 3.20. The molecule has 0 spiro atoms. The van der Waals surface area contributed by atoms with Crippen molar-refractivity contribution < 1.29 is 9.21 Å². The first-order valence-electron chi connectivity index (χ1n) is 8.86. The first-order chi connectivity index (χ1) is 12.9. The Balaban J connectivity index is 1.58. The highest BCUT2D eigenvalue weighted by atomic mass is 32.1. The number of aromatic nitrogens is 3. The van der Waals surface area contributed by atoms with E-state index < -0.39 is 0 Å². The summed E-state index contributed by atoms with van der Waals surface area (Å²) in [6, 6.07) is 3.76. The Morgan fingerprint density at radius 3 is 2.59 bits per heavy atom. The van der Waals surface area contributed by atoms with Gasteiger partial charge in [0.25, 0.3) is 0 Å². The smallest absolute Gasteiger partial charge is 0.321 e. The first kappa shape index (κ1) is 19.0. The molecule has 0 atom stereocenters. The monoisotopic (exact) mass is 385 g/mol. The third-order valence-corrected chi connectivity index (χ3v) is 5.06. The van der Waals surface area contributed by atoms with Crippen molar-refractivity contribution in [3.63, 3.8) is 0 Å². The van der Waals surface area contributed by atoms with Crippen LogP contribution in [0.25, 0.3) is 10.4 Å². The molecule has 142 valence electrons. The third kappa shape index (κ3) is 4.91. The lowest BCUT2D eigenvalue weighted by atomic mass is 10.1. The van der Waals surface area contributed by atoms with Gasteiger partial charge in [-0.15, -0.1) is 0 Å². The van der Waals surface area contributed by atoms with Gasteiger partial charge in [0.1, 0.15) is 5.76 Å². The molecule has 3 aromatic heterocycles. The summed E-state index contributed by atoms with van der Waals surface area (Å²) in [6.45, 7) is 8.33. The molecule has 0 aliphatic rings. The normalized spacial score (nSPS) is 10.8. The van der Waals surface area contributed by atoms with Gasteiger partial charge in [0.15, 0.2) is 11.0 Å². The second-order valence-electron chi connectivity index (χ2n) is 6.28. The number of pyridine rings is 1. The molecule has 3 heterocycles. The Kier molecular flexibility index (Phi) is 5.85. The molecule has 27 heavy (non-hydrogen) atoms. The maximum Gasteiger partial charge on any atom is 0.321 e. The van der Waals surface area contributed by atoms with E-state index >= 15 is 0 Å². The number of hydrogen-bond acceptors (Lipinski definition) is 6. The van der Waals surface area contributed by atoms with E-state index in [1.54, 1.807) is 6.20 Å². The van der Waals surface area contributed by atoms with Gasteiger partial charge in [0.2, 0.25) is 0 Å². The number of carbonyl (C=O) groups excluding carboxylic acids is 1. The predicted octanol–water partition coefficient (Wildman–Crippen LogP) is 4.04. The molecule has 0 bridgehead atoms. The zero-order valence-corrected chi connectivity index (χ0v) is 16.7. The fraction of sp³-hybridized carbons (Fsp3) is 0.368. The number of oxazole rings is 1. The first-order valence-corrected chi connectivity index (χ1v) is 9.67. The summed E-state index contributed by atoms with van der Waals surface area (Å²) in [4.78, 5) is 26.2. The Hall–Kier alpha value is -2.74. The lowest BCUT2D eigenvalue weighted by molar-refractivity contribution is 0.252. The molecule has 2 N–H and O–H groups in total. The number of carbonyl (C=O) groups is 1. The van der Waals surface area contributed by atoms with Crippen LogP contribution in [-0.2, 0) is 12.8 Å². The molecule has 0 aromatic carbocycles. The number of aryl methyl sites for hydroxylation is 4. The van der Waals surface area contributed by atoms with Crippen molar-refractivity contribution in [1.29, 1.82) is 0 Å². The number of nitrogens with one attached hydrogen (secondary N) is 2. The minimum Gasteiger partial charge on any atom is -0.446 e. The second kappa shape index (κ2) is 8.30. The van der Waals surface area contributed by atoms with E-state index in [4.69, 9.17) is 4.42 Å². The van der Waals surface area contributed by atoms with Gasteiger partial charge in [-0.2, -0.15) is 0 Å². The van der Waals surface area contributed by atoms with Crippen LogP contribution in [0.1, 0.15) is 35.7 Å². The summed E-state index contributed by atoms with van der Waals surface area (Å²) >= 11 is 1.45. The van der Waals surface area contributed by atoms with Crippen molar-refractivity contribution in [2.45, 2.75) is 40.5 Å². The summed E-state index contributed by atoms with van der Waals surface area (Å²) in [7, 11) is 0. The van der Waals surface area contributed by atoms with Crippen molar-refractivity contribution >= 4 is 22.5 Å². The molecule has 0 radical (unpaired) electrons. The number of urea groups is 1. The van der Waals surface area contributed by atoms with Gasteiger partial charge in [-0.3, -0.25) is 10.3 Å².